The summed E-state index contributed by atoms with van der Waals surface area (Å²) in [5, 5.41) is 13.7. The van der Waals surface area contributed by atoms with E-state index in [1.54, 1.807) is 24.4 Å². The molecule has 3 aliphatic rings. The molecule has 4 heterocycles. The third-order valence-electron chi connectivity index (χ3n) is 13.1. The summed E-state index contributed by atoms with van der Waals surface area (Å²) in [6, 6.07) is 19.7. The summed E-state index contributed by atoms with van der Waals surface area (Å²) in [5.74, 6) is -0.882. The highest BCUT2D eigenvalue weighted by atomic mass is 35.5. The average molecular weight is 943 g/mol. The molecule has 14 nitrogen and oxygen atoms in total. The number of H-pyrrole nitrogens is 1. The average Bonchev–Trinajstić information content (AvgIpc) is 3.74. The number of likely N-dealkylation sites (tertiary alicyclic amines) is 1. The molecule has 0 radical (unpaired) electrons. The lowest BCUT2D eigenvalue weighted by Crippen LogP contribution is -2.51. The second-order valence-corrected chi connectivity index (χ2v) is 21.6. The molecule has 2 saturated heterocycles. The number of fused-ring (bicyclic) bond motifs is 1. The Morgan fingerprint density at radius 2 is 1.68 bits per heavy atom. The number of alkyl halides is 1. The first-order valence-corrected chi connectivity index (χ1v) is 24.2. The summed E-state index contributed by atoms with van der Waals surface area (Å²) in [4.78, 5) is 39.1. The van der Waals surface area contributed by atoms with Crippen LogP contribution in [0.1, 0.15) is 82.6 Å². The van der Waals surface area contributed by atoms with Crippen molar-refractivity contribution in [1.82, 2.24) is 24.5 Å². The van der Waals surface area contributed by atoms with E-state index < -0.39 is 43.7 Å². The van der Waals surface area contributed by atoms with Crippen molar-refractivity contribution in [2.24, 2.45) is 5.41 Å². The van der Waals surface area contributed by atoms with Crippen molar-refractivity contribution in [3.8, 4) is 17.2 Å². The Balaban J connectivity index is 0.987. The number of rotatable bonds is 13. The number of hydrogen-bond donors (Lipinski definition) is 2. The Kier molecular flexibility index (Phi) is 13.2. The number of nitro groups is 1. The standard InChI is InChI=1S/C49H57ClFN7O7S/c1-47(2,3)57-20-17-49(51,18-21-57)32-64-43-13-11-39(28-42(43)58(60)61)66(62,63)54-46(59)40-12-10-37(27-44(40)65-38-26-34-15-19-52-45(34)53-30-38)56-24-22-55(23-25-56)31-35-14-16-48(4,5)29-41(35)33-6-8-36(50)9-7-33/h6-13,15,19,26-28,30H,14,16-18,20-25,29,31-32H2,1-5H3,(H,52,53)(H,54,59). The van der Waals surface area contributed by atoms with E-state index in [9.17, 15) is 23.3 Å². The molecule has 2 N–H and O–H groups in total. The summed E-state index contributed by atoms with van der Waals surface area (Å²) in [6.07, 6.45) is 6.77. The first-order chi connectivity index (χ1) is 31.2. The van der Waals surface area contributed by atoms with Gasteiger partial charge in [0.25, 0.3) is 15.9 Å². The maximum atomic E-state index is 15.8. The van der Waals surface area contributed by atoms with Gasteiger partial charge < -0.3 is 19.4 Å². The molecule has 8 rings (SSSR count). The summed E-state index contributed by atoms with van der Waals surface area (Å²) >= 11 is 6.24. The van der Waals surface area contributed by atoms with Gasteiger partial charge >= 0.3 is 5.69 Å². The van der Waals surface area contributed by atoms with Gasteiger partial charge in [0.05, 0.1) is 21.6 Å². The number of piperidine rings is 1. The Hall–Kier alpha value is -5.55. The van der Waals surface area contributed by atoms with Crippen LogP contribution in [0.25, 0.3) is 16.6 Å². The van der Waals surface area contributed by atoms with Crippen molar-refractivity contribution in [1.29, 1.82) is 0 Å². The molecule has 0 saturated carbocycles. The van der Waals surface area contributed by atoms with Crippen LogP contribution in [0.15, 0.2) is 95.7 Å². The number of allylic oxidation sites excluding steroid dienone is 1. The van der Waals surface area contributed by atoms with Crippen LogP contribution in [0.4, 0.5) is 15.8 Å². The van der Waals surface area contributed by atoms with E-state index in [-0.39, 0.29) is 40.9 Å². The van der Waals surface area contributed by atoms with Crippen LogP contribution >= 0.6 is 11.6 Å². The summed E-state index contributed by atoms with van der Waals surface area (Å²) in [6.45, 7) is 15.2. The minimum Gasteiger partial charge on any atom is -0.483 e. The van der Waals surface area contributed by atoms with E-state index >= 15 is 4.39 Å². The highest BCUT2D eigenvalue weighted by Gasteiger charge is 2.39. The molecule has 66 heavy (non-hydrogen) atoms. The van der Waals surface area contributed by atoms with E-state index in [0.717, 1.165) is 73.2 Å². The van der Waals surface area contributed by atoms with Gasteiger partial charge in [0.1, 0.15) is 29.4 Å². The zero-order valence-corrected chi connectivity index (χ0v) is 39.6. The number of nitrogens with one attached hydrogen (secondary N) is 2. The minimum atomic E-state index is -4.68. The van der Waals surface area contributed by atoms with Gasteiger partial charge in [-0.25, -0.2) is 22.5 Å². The second-order valence-electron chi connectivity index (χ2n) is 19.5. The molecule has 0 bridgehead atoms. The molecular formula is C49H57ClFN7O7S. The molecule has 1 amide bonds. The quantitative estimate of drug-likeness (QED) is 0.0854. The van der Waals surface area contributed by atoms with Gasteiger partial charge in [-0.3, -0.25) is 24.7 Å². The van der Waals surface area contributed by atoms with Gasteiger partial charge in [-0.2, -0.15) is 0 Å². The molecule has 1 aliphatic carbocycles. The third-order valence-corrected chi connectivity index (χ3v) is 14.7. The molecule has 3 aromatic carbocycles. The topological polar surface area (TPSA) is 163 Å². The predicted molar refractivity (Wildman–Crippen MR) is 255 cm³/mol. The molecule has 2 aliphatic heterocycles. The molecular weight excluding hydrogens is 885 g/mol. The van der Waals surface area contributed by atoms with Crippen molar-refractivity contribution in [3.63, 3.8) is 0 Å². The maximum Gasteiger partial charge on any atom is 0.312 e. The number of carbonyl (C=O) groups is 1. The van der Waals surface area contributed by atoms with Crippen LogP contribution in [0.3, 0.4) is 0 Å². The summed E-state index contributed by atoms with van der Waals surface area (Å²) < 4.78 is 57.3. The Morgan fingerprint density at radius 1 is 0.955 bits per heavy atom. The number of sulfonamides is 1. The van der Waals surface area contributed by atoms with Crippen LogP contribution < -0.4 is 19.1 Å². The number of carbonyl (C=O) groups excluding carboxylic acids is 1. The molecule has 0 atom stereocenters. The number of amides is 1. The van der Waals surface area contributed by atoms with Crippen LogP contribution in [0.2, 0.25) is 5.02 Å². The van der Waals surface area contributed by atoms with Gasteiger partial charge in [-0.05, 0) is 118 Å². The van der Waals surface area contributed by atoms with Crippen LogP contribution in [0.5, 0.6) is 17.2 Å². The lowest BCUT2D eigenvalue weighted by molar-refractivity contribution is -0.386. The Labute approximate surface area is 390 Å². The van der Waals surface area contributed by atoms with Gasteiger partial charge in [0, 0.05) is 85.8 Å². The minimum absolute atomic E-state index is 0.0859. The first kappa shape index (κ1) is 47.0. The molecule has 17 heteroatoms. The monoisotopic (exact) mass is 941 g/mol. The fourth-order valence-electron chi connectivity index (χ4n) is 9.07. The van der Waals surface area contributed by atoms with Crippen molar-refractivity contribution < 1.29 is 32.0 Å². The molecule has 0 spiro atoms. The molecule has 350 valence electrons. The number of piperazine rings is 1. The van der Waals surface area contributed by atoms with Crippen LogP contribution in [0, 0.1) is 15.5 Å². The Morgan fingerprint density at radius 3 is 2.38 bits per heavy atom. The second kappa shape index (κ2) is 18.6. The van der Waals surface area contributed by atoms with Gasteiger partial charge in [-0.1, -0.05) is 43.2 Å². The smallest absolute Gasteiger partial charge is 0.312 e. The van der Waals surface area contributed by atoms with E-state index in [4.69, 9.17) is 21.1 Å². The zero-order valence-electron chi connectivity index (χ0n) is 38.0. The van der Waals surface area contributed by atoms with E-state index in [0.29, 0.717) is 37.6 Å². The molecule has 2 aromatic heterocycles. The fraction of sp³-hybridized carbons (Fsp3) is 0.429. The van der Waals surface area contributed by atoms with Crippen molar-refractivity contribution in [3.05, 3.63) is 117 Å². The van der Waals surface area contributed by atoms with E-state index in [2.05, 4.69) is 76.1 Å². The number of nitro benzene ring substituents is 1. The largest absolute Gasteiger partial charge is 0.483 e. The normalized spacial score (nSPS) is 18.3. The maximum absolute atomic E-state index is 15.8. The number of aromatic nitrogens is 2. The highest BCUT2D eigenvalue weighted by molar-refractivity contribution is 7.90. The lowest BCUT2D eigenvalue weighted by Gasteiger charge is -2.43. The van der Waals surface area contributed by atoms with Crippen LogP contribution in [-0.4, -0.2) is 103 Å². The number of aromatic amines is 1. The number of anilines is 1. The third kappa shape index (κ3) is 10.8. The molecule has 5 aromatic rings. The summed E-state index contributed by atoms with van der Waals surface area (Å²) in [5.41, 5.74) is 3.10. The van der Waals surface area contributed by atoms with Crippen molar-refractivity contribution in [2.45, 2.75) is 82.8 Å². The fourth-order valence-corrected chi connectivity index (χ4v) is 10.2. The van der Waals surface area contributed by atoms with E-state index in [1.807, 2.05) is 18.2 Å². The van der Waals surface area contributed by atoms with Gasteiger partial charge in [-0.15, -0.1) is 0 Å². The SMILES string of the molecule is CC1(C)CCC(CN2CCN(c3ccc(C(=O)NS(=O)(=O)c4ccc(OCC5(F)CCN(C(C)(C)C)CC5)c([N+](=O)[O-])c4)c(Oc4cnc5[nH]ccc5c4)c3)CC2)=C(c2ccc(Cl)cc2)C1. The van der Waals surface area contributed by atoms with Crippen molar-refractivity contribution >= 4 is 55.5 Å². The van der Waals surface area contributed by atoms with Crippen LogP contribution in [-0.2, 0) is 10.0 Å². The predicted octanol–water partition coefficient (Wildman–Crippen LogP) is 9.80. The number of benzene rings is 3. The Bertz CT molecular complexity index is 2760. The van der Waals surface area contributed by atoms with E-state index in [1.165, 1.54) is 29.0 Å². The first-order valence-electron chi connectivity index (χ1n) is 22.4. The number of nitrogens with zero attached hydrogens (tertiary/aromatic N) is 5. The van der Waals surface area contributed by atoms with Gasteiger partial charge in [0.15, 0.2) is 5.75 Å². The number of ether oxygens (including phenoxy) is 2. The highest BCUT2D eigenvalue weighted by Crippen LogP contribution is 2.44. The number of pyridine rings is 1. The molecule has 2 fully saturated rings. The lowest BCUT2D eigenvalue weighted by atomic mass is 9.72. The van der Waals surface area contributed by atoms with Crippen molar-refractivity contribution in [2.75, 3.05) is 57.3 Å². The number of halogens is 2. The van der Waals surface area contributed by atoms with Gasteiger partial charge in [0.2, 0.25) is 0 Å². The molecule has 0 unspecified atom stereocenters. The summed E-state index contributed by atoms with van der Waals surface area (Å²) in [7, 11) is -4.68. The number of hydrogen-bond acceptors (Lipinski definition) is 11. The zero-order chi connectivity index (χ0) is 47.0.